The molecule has 19 heteroatoms. The van der Waals surface area contributed by atoms with Gasteiger partial charge in [-0.1, -0.05) is 20.4 Å². The van der Waals surface area contributed by atoms with Crippen molar-refractivity contribution in [1.82, 2.24) is 10.6 Å². The number of carbonyl (C=O) groups is 2. The summed E-state index contributed by atoms with van der Waals surface area (Å²) in [5.41, 5.74) is 1.16. The number of hydrogen-bond acceptors (Lipinski definition) is 8. The van der Waals surface area contributed by atoms with Crippen LogP contribution in [0.4, 0.5) is 32.0 Å². The number of benzene rings is 1. The standard InChI is InChI=1S/C26H36F6N3O8PS/c1-18-24(2,3)20-17-19(9-10-21(20)35(18)13-8-16-45(39,40)41)44(38,42-14-6-4-11-33-22(36)25(27,28)29)43-15-7-5-12-34-23(37)26(30,31)32/h9-10,17H,1,4-8,11-16H2,2-3H3,(H,33,36)(H,34,37)(H,39,40,41). The topological polar surface area (TPSA) is 151 Å². The minimum Gasteiger partial charge on any atom is -0.348 e. The molecule has 0 radical (unpaired) electrons. The van der Waals surface area contributed by atoms with E-state index in [1.165, 1.54) is 6.07 Å². The second kappa shape index (κ2) is 15.3. The molecule has 2 rings (SSSR count). The van der Waals surface area contributed by atoms with Crippen molar-refractivity contribution in [3.05, 3.63) is 36.0 Å². The van der Waals surface area contributed by atoms with Crippen molar-refractivity contribution < 1.29 is 62.5 Å². The van der Waals surface area contributed by atoms with Crippen LogP contribution >= 0.6 is 7.60 Å². The average Bonchev–Trinajstić information content (AvgIpc) is 3.10. The first-order chi connectivity index (χ1) is 20.6. The molecule has 0 saturated heterocycles. The summed E-state index contributed by atoms with van der Waals surface area (Å²) in [6.45, 7) is 6.85. The van der Waals surface area contributed by atoms with E-state index in [2.05, 4.69) is 6.58 Å². The maximum absolute atomic E-state index is 14.0. The van der Waals surface area contributed by atoms with Gasteiger partial charge in [0.1, 0.15) is 0 Å². The fourth-order valence-electron chi connectivity index (χ4n) is 4.34. The minimum atomic E-state index is -5.03. The zero-order chi connectivity index (χ0) is 34.3. The molecule has 1 aliphatic rings. The third kappa shape index (κ3) is 11.3. The first-order valence-corrected chi connectivity index (χ1v) is 16.9. The lowest BCUT2D eigenvalue weighted by Crippen LogP contribution is -2.37. The number of halogens is 6. The van der Waals surface area contributed by atoms with Crippen molar-refractivity contribution in [2.45, 2.75) is 63.7 Å². The molecule has 256 valence electrons. The van der Waals surface area contributed by atoms with Crippen molar-refractivity contribution in [1.29, 1.82) is 0 Å². The van der Waals surface area contributed by atoms with Gasteiger partial charge < -0.3 is 24.6 Å². The number of carbonyl (C=O) groups excluding carboxylic acids is 2. The molecule has 0 atom stereocenters. The number of unbranched alkanes of at least 4 members (excludes halogenated alkanes) is 2. The van der Waals surface area contributed by atoms with E-state index in [1.54, 1.807) is 27.7 Å². The van der Waals surface area contributed by atoms with E-state index in [-0.39, 0.29) is 70.3 Å². The Kier molecular flexibility index (Phi) is 13.1. The van der Waals surface area contributed by atoms with Crippen LogP contribution in [0.5, 0.6) is 0 Å². The number of nitrogens with one attached hydrogen (secondary N) is 2. The number of rotatable bonds is 17. The number of fused-ring (bicyclic) bond motifs is 1. The van der Waals surface area contributed by atoms with E-state index < -0.39 is 53.0 Å². The highest BCUT2D eigenvalue weighted by molar-refractivity contribution is 7.85. The van der Waals surface area contributed by atoms with Crippen molar-refractivity contribution in [2.24, 2.45) is 0 Å². The summed E-state index contributed by atoms with van der Waals surface area (Å²) in [4.78, 5) is 23.7. The molecule has 0 aliphatic carbocycles. The van der Waals surface area contributed by atoms with E-state index >= 15 is 0 Å². The number of anilines is 1. The Hall–Kier alpha value is -2.66. The first kappa shape index (κ1) is 38.5. The summed E-state index contributed by atoms with van der Waals surface area (Å²) in [5, 5.41) is 3.53. The van der Waals surface area contributed by atoms with E-state index in [0.29, 0.717) is 16.9 Å². The van der Waals surface area contributed by atoms with Crippen molar-refractivity contribution in [2.75, 3.05) is 43.5 Å². The lowest BCUT2D eigenvalue weighted by molar-refractivity contribution is -0.173. The van der Waals surface area contributed by atoms with E-state index in [0.717, 1.165) is 0 Å². The predicted molar refractivity (Wildman–Crippen MR) is 153 cm³/mol. The molecule has 1 aromatic carbocycles. The molecule has 0 unspecified atom stereocenters. The Bertz CT molecular complexity index is 1340. The molecule has 1 aromatic rings. The largest absolute Gasteiger partial charge is 0.471 e. The van der Waals surface area contributed by atoms with Crippen LogP contribution in [-0.4, -0.2) is 75.7 Å². The van der Waals surface area contributed by atoms with Crippen LogP contribution < -0.4 is 20.8 Å². The number of hydrogen-bond donors (Lipinski definition) is 3. The van der Waals surface area contributed by atoms with Crippen LogP contribution in [0.1, 0.15) is 51.5 Å². The summed E-state index contributed by atoms with van der Waals surface area (Å²) in [5.74, 6) is -4.67. The Morgan fingerprint density at radius 3 is 1.87 bits per heavy atom. The Morgan fingerprint density at radius 1 is 0.933 bits per heavy atom. The van der Waals surface area contributed by atoms with Gasteiger partial charge in [-0.05, 0) is 55.9 Å². The molecule has 0 aromatic heterocycles. The summed E-state index contributed by atoms with van der Waals surface area (Å²) in [7, 11) is -8.31. The fourth-order valence-corrected chi connectivity index (χ4v) is 6.49. The second-order valence-electron chi connectivity index (χ2n) is 10.6. The molecule has 1 heterocycles. The predicted octanol–water partition coefficient (Wildman–Crippen LogP) is 4.34. The number of amides is 2. The lowest BCUT2D eigenvalue weighted by atomic mass is 9.84. The molecular formula is C26H36F6N3O8PS. The fraction of sp³-hybridized carbons (Fsp3) is 0.615. The average molecular weight is 696 g/mol. The zero-order valence-electron chi connectivity index (χ0n) is 24.6. The number of nitrogens with zero attached hydrogens (tertiary/aromatic N) is 1. The zero-order valence-corrected chi connectivity index (χ0v) is 26.3. The third-order valence-corrected chi connectivity index (χ3v) is 9.60. The maximum atomic E-state index is 14.0. The maximum Gasteiger partial charge on any atom is 0.471 e. The van der Waals surface area contributed by atoms with Crippen LogP contribution in [0.2, 0.25) is 0 Å². The van der Waals surface area contributed by atoms with Crippen molar-refractivity contribution >= 4 is 40.5 Å². The summed E-state index contributed by atoms with van der Waals surface area (Å²) in [6.07, 6.45) is -9.70. The van der Waals surface area contributed by atoms with Gasteiger partial charge in [0.05, 0.1) is 24.3 Å². The monoisotopic (exact) mass is 695 g/mol. The molecule has 0 fully saturated rings. The summed E-state index contributed by atoms with van der Waals surface area (Å²) >= 11 is 0. The smallest absolute Gasteiger partial charge is 0.348 e. The molecular weight excluding hydrogens is 659 g/mol. The first-order valence-electron chi connectivity index (χ1n) is 13.8. The second-order valence-corrected chi connectivity index (χ2v) is 14.2. The number of allylic oxidation sites excluding steroid dienone is 1. The lowest BCUT2D eigenvalue weighted by Gasteiger charge is -2.25. The molecule has 0 spiro atoms. The van der Waals surface area contributed by atoms with Crippen LogP contribution in [0, 0.1) is 0 Å². The highest BCUT2D eigenvalue weighted by Crippen LogP contribution is 2.52. The van der Waals surface area contributed by atoms with Gasteiger partial charge in [0.2, 0.25) is 0 Å². The van der Waals surface area contributed by atoms with Crippen LogP contribution in [-0.2, 0) is 38.7 Å². The van der Waals surface area contributed by atoms with E-state index in [9.17, 15) is 48.9 Å². The van der Waals surface area contributed by atoms with Gasteiger partial charge in [-0.25, -0.2) is 0 Å². The SMILES string of the molecule is C=C1N(CCCS(=O)(=O)O)c2ccc(P(=O)(OCCCCNC(=O)C(F)(F)F)OCCCCNC(=O)C(F)(F)F)cc2C1(C)C. The van der Waals surface area contributed by atoms with Crippen molar-refractivity contribution in [3.63, 3.8) is 0 Å². The summed E-state index contributed by atoms with van der Waals surface area (Å²) in [6, 6.07) is 4.63. The van der Waals surface area contributed by atoms with E-state index in [4.69, 9.17) is 13.6 Å². The Labute approximate surface area is 257 Å². The highest BCUT2D eigenvalue weighted by Gasteiger charge is 2.41. The highest BCUT2D eigenvalue weighted by atomic mass is 32.2. The molecule has 11 nitrogen and oxygen atoms in total. The van der Waals surface area contributed by atoms with Crippen LogP contribution in [0.15, 0.2) is 30.5 Å². The van der Waals surface area contributed by atoms with Gasteiger partial charge in [0.25, 0.3) is 10.1 Å². The molecule has 3 N–H and O–H groups in total. The Morgan fingerprint density at radius 2 is 1.42 bits per heavy atom. The minimum absolute atomic E-state index is 0.0519. The van der Waals surface area contributed by atoms with Crippen LogP contribution in [0.3, 0.4) is 0 Å². The molecule has 45 heavy (non-hydrogen) atoms. The number of alkyl halides is 6. The summed E-state index contributed by atoms with van der Waals surface area (Å²) < 4.78 is 131. The van der Waals surface area contributed by atoms with Gasteiger partial charge in [-0.2, -0.15) is 34.8 Å². The van der Waals surface area contributed by atoms with Gasteiger partial charge in [-0.3, -0.25) is 18.7 Å². The van der Waals surface area contributed by atoms with Gasteiger partial charge in [-0.15, -0.1) is 0 Å². The molecule has 1 aliphatic heterocycles. The third-order valence-electron chi connectivity index (χ3n) is 6.84. The van der Waals surface area contributed by atoms with E-state index in [1.807, 2.05) is 13.8 Å². The quantitative estimate of drug-likeness (QED) is 0.0936. The van der Waals surface area contributed by atoms with Crippen molar-refractivity contribution in [3.8, 4) is 0 Å². The molecule has 0 bridgehead atoms. The molecule has 0 saturated carbocycles. The van der Waals surface area contributed by atoms with Gasteiger partial charge in [0.15, 0.2) is 0 Å². The Balaban J connectivity index is 2.17. The van der Waals surface area contributed by atoms with Gasteiger partial charge >= 0.3 is 31.8 Å². The van der Waals surface area contributed by atoms with Crippen LogP contribution in [0.25, 0.3) is 0 Å². The molecule has 2 amide bonds. The normalized spacial score (nSPS) is 15.2. The van der Waals surface area contributed by atoms with Gasteiger partial charge in [0, 0.05) is 36.4 Å².